The Labute approximate surface area is 88.3 Å². The summed E-state index contributed by atoms with van der Waals surface area (Å²) in [4.78, 5) is 7.91. The summed E-state index contributed by atoms with van der Waals surface area (Å²) in [5.41, 5.74) is 0.985. The van der Waals surface area contributed by atoms with E-state index in [4.69, 9.17) is 9.68 Å². The van der Waals surface area contributed by atoms with E-state index in [0.717, 1.165) is 5.56 Å². The largest absolute Gasteiger partial charge is 0.428 e. The van der Waals surface area contributed by atoms with Gasteiger partial charge in [-0.15, -0.1) is 0 Å². The summed E-state index contributed by atoms with van der Waals surface area (Å²) in [6, 6.07) is 5.50. The van der Waals surface area contributed by atoms with Gasteiger partial charge in [-0.2, -0.15) is 10.2 Å². The van der Waals surface area contributed by atoms with E-state index in [1.165, 1.54) is 0 Å². The van der Waals surface area contributed by atoms with Crippen molar-refractivity contribution in [2.75, 3.05) is 0 Å². The Bertz CT molecular complexity index is 487. The minimum atomic E-state index is 0.240. The van der Waals surface area contributed by atoms with E-state index in [1.54, 1.807) is 18.5 Å². The minimum absolute atomic E-state index is 0.240. The summed E-state index contributed by atoms with van der Waals surface area (Å²) in [5.74, 6) is 0.390. The summed E-state index contributed by atoms with van der Waals surface area (Å²) in [5, 5.41) is 8.66. The van der Waals surface area contributed by atoms with Crippen LogP contribution in [-0.2, 0) is 0 Å². The molecule has 14 heavy (non-hydrogen) atoms. The zero-order valence-corrected chi connectivity index (χ0v) is 8.52. The lowest BCUT2D eigenvalue weighted by Crippen LogP contribution is -1.79. The van der Waals surface area contributed by atoms with Crippen molar-refractivity contribution in [1.29, 1.82) is 5.26 Å². The topological polar surface area (TPSA) is 62.7 Å². The highest BCUT2D eigenvalue weighted by molar-refractivity contribution is 9.10. The second-order valence-corrected chi connectivity index (χ2v) is 3.22. The van der Waals surface area contributed by atoms with Crippen LogP contribution in [0.3, 0.4) is 0 Å². The Morgan fingerprint density at radius 3 is 2.93 bits per heavy atom. The number of rotatable bonds is 1. The van der Waals surface area contributed by atoms with E-state index in [2.05, 4.69) is 25.9 Å². The molecule has 2 rings (SSSR count). The van der Waals surface area contributed by atoms with Crippen LogP contribution in [0.25, 0.3) is 11.5 Å². The number of nitrogens with zero attached hydrogens (tertiary/aromatic N) is 3. The van der Waals surface area contributed by atoms with Crippen molar-refractivity contribution in [1.82, 2.24) is 9.97 Å². The number of hydrogen-bond acceptors (Lipinski definition) is 4. The van der Waals surface area contributed by atoms with Crippen molar-refractivity contribution in [2.24, 2.45) is 0 Å². The van der Waals surface area contributed by atoms with Gasteiger partial charge in [-0.05, 0) is 28.1 Å². The first-order chi connectivity index (χ1) is 6.81. The summed E-state index contributed by atoms with van der Waals surface area (Å²) in [6.07, 6.45) is 3.28. The third kappa shape index (κ3) is 1.52. The standard InChI is InChI=1S/C9H4BrN3O/c10-8-7(4-11)13-9(14-8)6-2-1-3-12-5-6/h1-3,5H. The molecule has 5 heteroatoms. The van der Waals surface area contributed by atoms with E-state index < -0.39 is 0 Å². The zero-order chi connectivity index (χ0) is 9.97. The fourth-order valence-electron chi connectivity index (χ4n) is 0.983. The SMILES string of the molecule is N#Cc1nc(-c2cccnc2)oc1Br. The van der Waals surface area contributed by atoms with Crippen LogP contribution < -0.4 is 0 Å². The van der Waals surface area contributed by atoms with Crippen molar-refractivity contribution in [3.05, 3.63) is 34.9 Å². The molecule has 0 spiro atoms. The smallest absolute Gasteiger partial charge is 0.230 e. The van der Waals surface area contributed by atoms with Gasteiger partial charge in [0, 0.05) is 12.4 Å². The molecule has 0 aromatic carbocycles. The number of hydrogen-bond donors (Lipinski definition) is 0. The molecule has 2 aromatic heterocycles. The Morgan fingerprint density at radius 1 is 1.50 bits per heavy atom. The number of halogens is 1. The summed E-state index contributed by atoms with van der Waals surface area (Å²) in [6.45, 7) is 0. The van der Waals surface area contributed by atoms with E-state index >= 15 is 0 Å². The highest BCUT2D eigenvalue weighted by Crippen LogP contribution is 2.24. The third-order valence-electron chi connectivity index (χ3n) is 1.60. The van der Waals surface area contributed by atoms with E-state index in [1.807, 2.05) is 12.1 Å². The molecule has 0 aliphatic carbocycles. The first-order valence-electron chi connectivity index (χ1n) is 3.78. The molecular formula is C9H4BrN3O. The molecule has 0 N–H and O–H groups in total. The van der Waals surface area contributed by atoms with Crippen LogP contribution in [0.5, 0.6) is 0 Å². The third-order valence-corrected chi connectivity index (χ3v) is 2.14. The molecule has 0 amide bonds. The maximum Gasteiger partial charge on any atom is 0.230 e. The lowest BCUT2D eigenvalue weighted by Gasteiger charge is -1.90. The Balaban J connectivity index is 2.50. The molecule has 0 atom stereocenters. The molecule has 4 nitrogen and oxygen atoms in total. The Kier molecular flexibility index (Phi) is 2.29. The van der Waals surface area contributed by atoms with Crippen LogP contribution >= 0.6 is 15.9 Å². The predicted molar refractivity (Wildman–Crippen MR) is 52.1 cm³/mol. The van der Waals surface area contributed by atoms with Crippen LogP contribution in [0.4, 0.5) is 0 Å². The molecule has 2 heterocycles. The zero-order valence-electron chi connectivity index (χ0n) is 6.94. The van der Waals surface area contributed by atoms with Crippen molar-refractivity contribution in [3.63, 3.8) is 0 Å². The van der Waals surface area contributed by atoms with Gasteiger partial charge in [0.15, 0.2) is 5.69 Å². The normalized spacial score (nSPS) is 9.71. The molecule has 68 valence electrons. The van der Waals surface area contributed by atoms with Crippen LogP contribution in [0, 0.1) is 11.3 Å². The molecule has 0 saturated carbocycles. The summed E-state index contributed by atoms with van der Waals surface area (Å²) >= 11 is 3.10. The van der Waals surface area contributed by atoms with Crippen molar-refractivity contribution in [3.8, 4) is 17.5 Å². The predicted octanol–water partition coefficient (Wildman–Crippen LogP) is 2.37. The molecule has 0 radical (unpaired) electrons. The second-order valence-electron chi connectivity index (χ2n) is 2.49. The van der Waals surface area contributed by atoms with Gasteiger partial charge in [0.05, 0.1) is 5.56 Å². The van der Waals surface area contributed by atoms with Gasteiger partial charge in [0.25, 0.3) is 0 Å². The number of aromatic nitrogens is 2. The summed E-state index contributed by atoms with van der Waals surface area (Å²) in [7, 11) is 0. The van der Waals surface area contributed by atoms with Crippen LogP contribution in [0.1, 0.15) is 5.69 Å². The first kappa shape index (κ1) is 8.91. The van der Waals surface area contributed by atoms with Gasteiger partial charge in [0.1, 0.15) is 6.07 Å². The Morgan fingerprint density at radius 2 is 2.36 bits per heavy atom. The first-order valence-corrected chi connectivity index (χ1v) is 4.57. The van der Waals surface area contributed by atoms with Crippen molar-refractivity contribution >= 4 is 15.9 Å². The van der Waals surface area contributed by atoms with Gasteiger partial charge in [-0.25, -0.2) is 0 Å². The molecule has 2 aromatic rings. The van der Waals surface area contributed by atoms with Crippen LogP contribution in [0.2, 0.25) is 0 Å². The number of nitriles is 1. The molecule has 0 aliphatic rings. The lowest BCUT2D eigenvalue weighted by atomic mass is 10.3. The second kappa shape index (κ2) is 3.60. The van der Waals surface area contributed by atoms with Crippen molar-refractivity contribution in [2.45, 2.75) is 0 Å². The summed E-state index contributed by atoms with van der Waals surface area (Å²) < 4.78 is 5.58. The molecule has 0 unspecified atom stereocenters. The fourth-order valence-corrected chi connectivity index (χ4v) is 1.31. The maximum atomic E-state index is 8.66. The monoisotopic (exact) mass is 249 g/mol. The average Bonchev–Trinajstić information content (AvgIpc) is 2.61. The Hall–Kier alpha value is -1.67. The van der Waals surface area contributed by atoms with Gasteiger partial charge in [-0.1, -0.05) is 0 Å². The van der Waals surface area contributed by atoms with Gasteiger partial charge in [0.2, 0.25) is 10.6 Å². The highest BCUT2D eigenvalue weighted by Gasteiger charge is 2.11. The molecular weight excluding hydrogens is 246 g/mol. The molecule has 0 bridgehead atoms. The minimum Gasteiger partial charge on any atom is -0.428 e. The highest BCUT2D eigenvalue weighted by atomic mass is 79.9. The fraction of sp³-hybridized carbons (Fsp3) is 0. The average molecular weight is 250 g/mol. The van der Waals surface area contributed by atoms with Gasteiger partial charge < -0.3 is 4.42 Å². The van der Waals surface area contributed by atoms with Crippen LogP contribution in [0.15, 0.2) is 33.6 Å². The molecule has 0 aliphatic heterocycles. The number of pyridine rings is 1. The molecule has 0 saturated heterocycles. The maximum absolute atomic E-state index is 8.66. The van der Waals surface area contributed by atoms with Gasteiger partial charge >= 0.3 is 0 Å². The van der Waals surface area contributed by atoms with Crippen molar-refractivity contribution < 1.29 is 4.42 Å². The van der Waals surface area contributed by atoms with E-state index in [9.17, 15) is 0 Å². The van der Waals surface area contributed by atoms with Crippen LogP contribution in [-0.4, -0.2) is 9.97 Å². The van der Waals surface area contributed by atoms with Gasteiger partial charge in [-0.3, -0.25) is 4.98 Å². The van der Waals surface area contributed by atoms with E-state index in [-0.39, 0.29) is 5.69 Å². The molecule has 0 fully saturated rings. The number of oxazole rings is 1. The lowest BCUT2D eigenvalue weighted by molar-refractivity contribution is 0.548. The van der Waals surface area contributed by atoms with E-state index in [0.29, 0.717) is 10.6 Å². The quantitative estimate of drug-likeness (QED) is 0.779.